The lowest BCUT2D eigenvalue weighted by atomic mass is 10.2. The van der Waals surface area contributed by atoms with Crippen LogP contribution < -0.4 is 29.9 Å². The van der Waals surface area contributed by atoms with Crippen LogP contribution in [0.4, 0.5) is 38.9 Å². The highest BCUT2D eigenvalue weighted by atomic mass is 35.5. The van der Waals surface area contributed by atoms with Gasteiger partial charge in [0.15, 0.2) is 5.82 Å². The Bertz CT molecular complexity index is 1260. The zero-order valence-electron chi connectivity index (χ0n) is 20.9. The zero-order chi connectivity index (χ0) is 25.8. The molecule has 0 amide bonds. The third-order valence-electron chi connectivity index (χ3n) is 6.41. The Labute approximate surface area is 220 Å². The molecule has 9 nitrogen and oxygen atoms in total. The van der Waals surface area contributed by atoms with E-state index in [1.54, 1.807) is 13.2 Å². The standard InChI is InChI=1S/C26H30ClFN6O3/c1-3-33-7-4-10-37-24-15-21(19(28)14-22(24)33)31-26-29-16-18(27)25(32-26)30-20-6-5-17(13-23(20)35-2)34-8-11-36-12-9-34/h5-6,13-16H,3-4,7-12H2,1-2H3,(H2,29,30,31,32). The molecule has 2 aliphatic rings. The molecule has 0 saturated carbocycles. The number of benzene rings is 2. The Hall–Kier alpha value is -3.50. The molecule has 0 radical (unpaired) electrons. The summed E-state index contributed by atoms with van der Waals surface area (Å²) in [7, 11) is 1.61. The number of nitrogens with one attached hydrogen (secondary N) is 2. The van der Waals surface area contributed by atoms with Gasteiger partial charge in [-0.05, 0) is 25.5 Å². The average molecular weight is 529 g/mol. The van der Waals surface area contributed by atoms with Crippen LogP contribution in [0, 0.1) is 5.82 Å². The van der Waals surface area contributed by atoms with E-state index in [1.165, 1.54) is 12.3 Å². The number of nitrogens with zero attached hydrogens (tertiary/aromatic N) is 4. The molecule has 1 aromatic heterocycles. The van der Waals surface area contributed by atoms with Crippen LogP contribution in [0.1, 0.15) is 13.3 Å². The van der Waals surface area contributed by atoms with E-state index in [0.29, 0.717) is 47.8 Å². The number of ether oxygens (including phenoxy) is 3. The van der Waals surface area contributed by atoms with E-state index in [4.69, 9.17) is 25.8 Å². The molecule has 11 heteroatoms. The van der Waals surface area contributed by atoms with Crippen molar-refractivity contribution in [2.75, 3.05) is 73.5 Å². The van der Waals surface area contributed by atoms with E-state index in [-0.39, 0.29) is 11.6 Å². The molecule has 196 valence electrons. The second kappa shape index (κ2) is 11.3. The molecule has 1 fully saturated rings. The number of morpholine rings is 1. The lowest BCUT2D eigenvalue weighted by Crippen LogP contribution is -2.36. The molecule has 0 aliphatic carbocycles. The molecule has 5 rings (SSSR count). The average Bonchev–Trinajstić information content (AvgIpc) is 3.12. The van der Waals surface area contributed by atoms with Gasteiger partial charge in [-0.3, -0.25) is 0 Å². The van der Waals surface area contributed by atoms with Gasteiger partial charge in [0, 0.05) is 50.1 Å². The number of rotatable bonds is 7. The summed E-state index contributed by atoms with van der Waals surface area (Å²) in [5, 5.41) is 6.50. The van der Waals surface area contributed by atoms with Gasteiger partial charge in [0.2, 0.25) is 5.95 Å². The van der Waals surface area contributed by atoms with Crippen molar-refractivity contribution in [3.63, 3.8) is 0 Å². The van der Waals surface area contributed by atoms with Crippen LogP contribution in [-0.4, -0.2) is 63.1 Å². The number of aromatic nitrogens is 2. The summed E-state index contributed by atoms with van der Waals surface area (Å²) in [4.78, 5) is 13.1. The Morgan fingerprint density at radius 2 is 1.92 bits per heavy atom. The predicted molar refractivity (Wildman–Crippen MR) is 144 cm³/mol. The molecular weight excluding hydrogens is 499 g/mol. The molecule has 1 saturated heterocycles. The van der Waals surface area contributed by atoms with Gasteiger partial charge in [0.05, 0.1) is 50.2 Å². The third kappa shape index (κ3) is 5.60. The molecule has 0 unspecified atom stereocenters. The van der Waals surface area contributed by atoms with E-state index in [0.717, 1.165) is 44.0 Å². The highest BCUT2D eigenvalue weighted by Gasteiger charge is 2.20. The lowest BCUT2D eigenvalue weighted by molar-refractivity contribution is 0.122. The van der Waals surface area contributed by atoms with Gasteiger partial charge in [-0.25, -0.2) is 9.37 Å². The van der Waals surface area contributed by atoms with Crippen LogP contribution in [0.3, 0.4) is 0 Å². The van der Waals surface area contributed by atoms with E-state index in [1.807, 2.05) is 25.1 Å². The monoisotopic (exact) mass is 528 g/mol. The fourth-order valence-corrected chi connectivity index (χ4v) is 4.59. The van der Waals surface area contributed by atoms with Gasteiger partial charge in [-0.15, -0.1) is 0 Å². The fraction of sp³-hybridized carbons (Fsp3) is 0.385. The molecule has 0 spiro atoms. The van der Waals surface area contributed by atoms with Crippen molar-refractivity contribution in [3.8, 4) is 11.5 Å². The summed E-state index contributed by atoms with van der Waals surface area (Å²) in [5.74, 6) is 1.40. The van der Waals surface area contributed by atoms with E-state index in [2.05, 4.69) is 30.4 Å². The van der Waals surface area contributed by atoms with Crippen LogP contribution in [0.5, 0.6) is 11.5 Å². The molecule has 2 N–H and O–H groups in total. The molecule has 3 heterocycles. The molecule has 0 atom stereocenters. The number of hydrogen-bond acceptors (Lipinski definition) is 9. The van der Waals surface area contributed by atoms with E-state index < -0.39 is 5.82 Å². The first-order chi connectivity index (χ1) is 18.1. The number of anilines is 6. The summed E-state index contributed by atoms with van der Waals surface area (Å²) < 4.78 is 32.0. The Kier molecular flexibility index (Phi) is 7.66. The lowest BCUT2D eigenvalue weighted by Gasteiger charge is -2.29. The van der Waals surface area contributed by atoms with Gasteiger partial charge in [0.1, 0.15) is 22.3 Å². The maximum absolute atomic E-state index is 15.1. The predicted octanol–water partition coefficient (Wildman–Crippen LogP) is 5.21. The summed E-state index contributed by atoms with van der Waals surface area (Å²) in [6.07, 6.45) is 2.34. The first-order valence-corrected chi connectivity index (χ1v) is 12.7. The van der Waals surface area contributed by atoms with E-state index >= 15 is 4.39 Å². The van der Waals surface area contributed by atoms with Crippen molar-refractivity contribution in [1.29, 1.82) is 0 Å². The SMILES string of the molecule is CCN1CCCOc2cc(Nc3ncc(Cl)c(Nc4ccc(N5CCOCC5)cc4OC)n3)c(F)cc21. The highest BCUT2D eigenvalue weighted by molar-refractivity contribution is 6.33. The first-order valence-electron chi connectivity index (χ1n) is 12.3. The number of methoxy groups -OCH3 is 1. The normalized spacial score (nSPS) is 15.5. The van der Waals surface area contributed by atoms with Crippen LogP contribution in [0.2, 0.25) is 5.02 Å². The molecule has 0 bridgehead atoms. The number of halogens is 2. The van der Waals surface area contributed by atoms with Crippen molar-refractivity contribution in [2.24, 2.45) is 0 Å². The largest absolute Gasteiger partial charge is 0.494 e. The van der Waals surface area contributed by atoms with Crippen molar-refractivity contribution in [2.45, 2.75) is 13.3 Å². The Balaban J connectivity index is 1.37. The second-order valence-corrected chi connectivity index (χ2v) is 9.11. The molecule has 2 aliphatic heterocycles. The van der Waals surface area contributed by atoms with Crippen molar-refractivity contribution >= 4 is 46.1 Å². The molecule has 2 aromatic carbocycles. The topological polar surface area (TPSA) is 84.0 Å². The second-order valence-electron chi connectivity index (χ2n) is 8.71. The van der Waals surface area contributed by atoms with Gasteiger partial charge in [-0.2, -0.15) is 4.98 Å². The maximum Gasteiger partial charge on any atom is 0.229 e. The molecular formula is C26H30ClFN6O3. The third-order valence-corrected chi connectivity index (χ3v) is 6.68. The first kappa shape index (κ1) is 25.2. The minimum atomic E-state index is -0.420. The van der Waals surface area contributed by atoms with Gasteiger partial charge in [-0.1, -0.05) is 11.6 Å². The van der Waals surface area contributed by atoms with Gasteiger partial charge in [0.25, 0.3) is 0 Å². The van der Waals surface area contributed by atoms with Crippen LogP contribution in [0.25, 0.3) is 0 Å². The highest BCUT2D eigenvalue weighted by Crippen LogP contribution is 2.37. The maximum atomic E-state index is 15.1. The molecule has 37 heavy (non-hydrogen) atoms. The summed E-state index contributed by atoms with van der Waals surface area (Å²) in [5.41, 5.74) is 2.70. The van der Waals surface area contributed by atoms with Gasteiger partial charge >= 0.3 is 0 Å². The van der Waals surface area contributed by atoms with E-state index in [9.17, 15) is 0 Å². The summed E-state index contributed by atoms with van der Waals surface area (Å²) in [6, 6.07) is 9.03. The number of hydrogen-bond donors (Lipinski definition) is 2. The molecule has 3 aromatic rings. The smallest absolute Gasteiger partial charge is 0.229 e. The zero-order valence-corrected chi connectivity index (χ0v) is 21.6. The number of fused-ring (bicyclic) bond motifs is 1. The van der Waals surface area contributed by atoms with Crippen molar-refractivity contribution in [1.82, 2.24) is 9.97 Å². The Morgan fingerprint density at radius 3 is 2.70 bits per heavy atom. The van der Waals surface area contributed by atoms with Gasteiger partial charge < -0.3 is 34.6 Å². The minimum absolute atomic E-state index is 0.190. The fourth-order valence-electron chi connectivity index (χ4n) is 4.45. The van der Waals surface area contributed by atoms with Crippen molar-refractivity contribution in [3.05, 3.63) is 47.4 Å². The summed E-state index contributed by atoms with van der Waals surface area (Å²) in [6.45, 7) is 7.25. The Morgan fingerprint density at radius 1 is 1.08 bits per heavy atom. The minimum Gasteiger partial charge on any atom is -0.494 e. The quantitative estimate of drug-likeness (QED) is 0.429. The van der Waals surface area contributed by atoms with Crippen molar-refractivity contribution < 1.29 is 18.6 Å². The van der Waals surface area contributed by atoms with Crippen LogP contribution >= 0.6 is 11.6 Å². The summed E-state index contributed by atoms with van der Waals surface area (Å²) >= 11 is 6.40. The van der Waals surface area contributed by atoms with Crippen LogP contribution in [-0.2, 0) is 4.74 Å². The van der Waals surface area contributed by atoms with Crippen LogP contribution in [0.15, 0.2) is 36.5 Å².